The topological polar surface area (TPSA) is 86.8 Å². The maximum atomic E-state index is 14.5. The van der Waals surface area contributed by atoms with Crippen molar-refractivity contribution in [3.63, 3.8) is 0 Å². The molecule has 0 aliphatic heterocycles. The van der Waals surface area contributed by atoms with E-state index in [2.05, 4.69) is 5.32 Å². The zero-order valence-corrected chi connectivity index (χ0v) is 27.8. The van der Waals surface area contributed by atoms with Crippen LogP contribution in [0.25, 0.3) is 0 Å². The highest BCUT2D eigenvalue weighted by Crippen LogP contribution is 2.29. The zero-order chi connectivity index (χ0) is 33.3. The molecule has 0 fully saturated rings. The molecule has 0 spiro atoms. The molecule has 4 aromatic carbocycles. The third-order valence-corrected chi connectivity index (χ3v) is 9.89. The third kappa shape index (κ3) is 8.95. The second-order valence-electron chi connectivity index (χ2n) is 11.3. The summed E-state index contributed by atoms with van der Waals surface area (Å²) in [5.41, 5.74) is 3.24. The number of halogens is 2. The van der Waals surface area contributed by atoms with Crippen molar-refractivity contribution in [3.8, 4) is 0 Å². The van der Waals surface area contributed by atoms with E-state index < -0.39 is 34.3 Å². The number of nitrogens with zero attached hydrogens (tertiary/aromatic N) is 2. The lowest BCUT2D eigenvalue weighted by atomic mass is 10.0. The number of rotatable bonds is 14. The van der Waals surface area contributed by atoms with Gasteiger partial charge < -0.3 is 10.2 Å². The summed E-state index contributed by atoms with van der Waals surface area (Å²) in [6, 6.07) is 25.2. The number of anilines is 1. The lowest BCUT2D eigenvalue weighted by Gasteiger charge is -2.34. The van der Waals surface area contributed by atoms with E-state index >= 15 is 0 Å². The summed E-state index contributed by atoms with van der Waals surface area (Å²) in [4.78, 5) is 29.7. The van der Waals surface area contributed by atoms with Gasteiger partial charge >= 0.3 is 0 Å². The molecule has 10 heteroatoms. The summed E-state index contributed by atoms with van der Waals surface area (Å²) in [5, 5.41) is 3.29. The number of hydrogen-bond donors (Lipinski definition) is 1. The fourth-order valence-corrected chi connectivity index (χ4v) is 6.53. The quantitative estimate of drug-likeness (QED) is 0.150. The van der Waals surface area contributed by atoms with Crippen molar-refractivity contribution in [1.82, 2.24) is 10.2 Å². The summed E-state index contributed by atoms with van der Waals surface area (Å²) in [5.74, 6) is -1.41. The van der Waals surface area contributed by atoms with E-state index in [0.29, 0.717) is 17.1 Å². The van der Waals surface area contributed by atoms with Crippen LogP contribution in [0.5, 0.6) is 0 Å². The molecule has 0 bridgehead atoms. The molecule has 2 amide bonds. The molecule has 0 saturated carbocycles. The van der Waals surface area contributed by atoms with Gasteiger partial charge in [-0.25, -0.2) is 12.8 Å². The van der Waals surface area contributed by atoms with Crippen LogP contribution < -0.4 is 9.62 Å². The van der Waals surface area contributed by atoms with Gasteiger partial charge in [0.05, 0.1) is 10.6 Å². The van der Waals surface area contributed by atoms with Gasteiger partial charge in [0.25, 0.3) is 10.0 Å². The molecule has 7 nitrogen and oxygen atoms in total. The smallest absolute Gasteiger partial charge is 0.264 e. The molecular formula is C36H39ClFN3O4S. The molecule has 1 atom stereocenters. The minimum Gasteiger partial charge on any atom is -0.354 e. The average Bonchev–Trinajstić information content (AvgIpc) is 3.04. The van der Waals surface area contributed by atoms with Gasteiger partial charge in [-0.05, 0) is 73.4 Å². The number of carbonyl (C=O) groups excluding carboxylic acids is 2. The average molecular weight is 664 g/mol. The zero-order valence-electron chi connectivity index (χ0n) is 26.2. The number of sulfonamides is 1. The molecule has 4 rings (SSSR count). The Hall–Kier alpha value is -4.21. The van der Waals surface area contributed by atoms with Crippen LogP contribution in [-0.4, -0.2) is 44.3 Å². The fraction of sp³-hybridized carbons (Fsp3) is 0.278. The van der Waals surface area contributed by atoms with Crippen LogP contribution >= 0.6 is 11.6 Å². The van der Waals surface area contributed by atoms with Crippen molar-refractivity contribution in [3.05, 3.63) is 130 Å². The first-order valence-electron chi connectivity index (χ1n) is 15.2. The first-order valence-corrected chi connectivity index (χ1v) is 17.0. The molecule has 0 heterocycles. The first kappa shape index (κ1) is 34.7. The van der Waals surface area contributed by atoms with Gasteiger partial charge in [0.2, 0.25) is 11.8 Å². The predicted molar refractivity (Wildman–Crippen MR) is 181 cm³/mol. The minimum atomic E-state index is -4.25. The van der Waals surface area contributed by atoms with Gasteiger partial charge in [0, 0.05) is 24.5 Å². The summed E-state index contributed by atoms with van der Waals surface area (Å²) in [6.07, 6.45) is 1.81. The van der Waals surface area contributed by atoms with Gasteiger partial charge in [0.15, 0.2) is 0 Å². The standard InChI is InChI=1S/C36H39ClFN3O4S/c1-4-5-21-39-36(43)34(22-28-9-7-6-8-10-28)40(24-29-14-16-30(38)17-15-29)35(42)25-41(31-18-13-27(3)33(37)23-31)46(44,45)32-19-11-26(2)12-20-32/h6-20,23,34H,4-5,21-22,24-25H2,1-3H3,(H,39,43). The molecule has 4 aromatic rings. The molecule has 242 valence electrons. The number of amides is 2. The lowest BCUT2D eigenvalue weighted by Crippen LogP contribution is -2.53. The van der Waals surface area contributed by atoms with Crippen LogP contribution in [0.15, 0.2) is 102 Å². The van der Waals surface area contributed by atoms with Crippen molar-refractivity contribution in [1.29, 1.82) is 0 Å². The van der Waals surface area contributed by atoms with Crippen molar-refractivity contribution >= 4 is 39.1 Å². The highest BCUT2D eigenvalue weighted by atomic mass is 35.5. The van der Waals surface area contributed by atoms with Gasteiger partial charge in [-0.15, -0.1) is 0 Å². The van der Waals surface area contributed by atoms with Crippen molar-refractivity contribution < 1.29 is 22.4 Å². The number of nitrogens with one attached hydrogen (secondary N) is 1. The van der Waals surface area contributed by atoms with Crippen molar-refractivity contribution in [2.75, 3.05) is 17.4 Å². The Morgan fingerprint density at radius 2 is 1.57 bits per heavy atom. The van der Waals surface area contributed by atoms with Gasteiger partial charge in [-0.3, -0.25) is 13.9 Å². The van der Waals surface area contributed by atoms with Crippen molar-refractivity contribution in [2.24, 2.45) is 0 Å². The Kier molecular flexibility index (Phi) is 12.0. The van der Waals surface area contributed by atoms with Crippen LogP contribution in [0.2, 0.25) is 5.02 Å². The van der Waals surface area contributed by atoms with E-state index in [1.54, 1.807) is 43.3 Å². The third-order valence-electron chi connectivity index (χ3n) is 7.70. The number of benzene rings is 4. The van der Waals surface area contributed by atoms with E-state index in [1.165, 1.54) is 35.2 Å². The molecule has 0 aromatic heterocycles. The minimum absolute atomic E-state index is 0.00539. The molecule has 1 unspecified atom stereocenters. The Balaban J connectivity index is 1.80. The highest BCUT2D eigenvalue weighted by molar-refractivity contribution is 7.92. The molecule has 1 N–H and O–H groups in total. The summed E-state index contributed by atoms with van der Waals surface area (Å²) < 4.78 is 43.2. The maximum Gasteiger partial charge on any atom is 0.264 e. The molecule has 0 saturated heterocycles. The molecule has 0 radical (unpaired) electrons. The van der Waals surface area contributed by atoms with E-state index in [9.17, 15) is 22.4 Å². The van der Waals surface area contributed by atoms with E-state index in [-0.39, 0.29) is 29.5 Å². The van der Waals surface area contributed by atoms with Crippen LogP contribution in [-0.2, 0) is 32.6 Å². The number of aryl methyl sites for hydroxylation is 2. The monoisotopic (exact) mass is 663 g/mol. The summed E-state index contributed by atoms with van der Waals surface area (Å²) >= 11 is 6.44. The fourth-order valence-electron chi connectivity index (χ4n) is 4.95. The largest absolute Gasteiger partial charge is 0.354 e. The summed E-state index contributed by atoms with van der Waals surface area (Å²) in [6.45, 7) is 5.43. The lowest BCUT2D eigenvalue weighted by molar-refractivity contribution is -0.140. The van der Waals surface area contributed by atoms with Crippen LogP contribution in [0, 0.1) is 19.7 Å². The number of unbranched alkanes of at least 4 members (excludes halogenated alkanes) is 1. The first-order chi connectivity index (χ1) is 22.0. The van der Waals surface area contributed by atoms with E-state index in [4.69, 9.17) is 11.6 Å². The van der Waals surface area contributed by atoms with Crippen LogP contribution in [0.1, 0.15) is 42.0 Å². The van der Waals surface area contributed by atoms with Gasteiger partial charge in [0.1, 0.15) is 18.4 Å². The Bertz CT molecular complexity index is 1730. The van der Waals surface area contributed by atoms with Gasteiger partial charge in [-0.2, -0.15) is 0 Å². The molecule has 46 heavy (non-hydrogen) atoms. The maximum absolute atomic E-state index is 14.5. The summed E-state index contributed by atoms with van der Waals surface area (Å²) in [7, 11) is -4.25. The highest BCUT2D eigenvalue weighted by Gasteiger charge is 2.34. The van der Waals surface area contributed by atoms with Crippen LogP contribution in [0.4, 0.5) is 10.1 Å². The van der Waals surface area contributed by atoms with Crippen LogP contribution in [0.3, 0.4) is 0 Å². The van der Waals surface area contributed by atoms with E-state index in [1.807, 2.05) is 44.2 Å². The normalized spacial score (nSPS) is 11.9. The second kappa shape index (κ2) is 15.9. The Morgan fingerprint density at radius 3 is 2.20 bits per heavy atom. The number of carbonyl (C=O) groups is 2. The molecule has 0 aliphatic rings. The Morgan fingerprint density at radius 1 is 0.891 bits per heavy atom. The second-order valence-corrected chi connectivity index (χ2v) is 13.5. The predicted octanol–water partition coefficient (Wildman–Crippen LogP) is 6.85. The molecular weight excluding hydrogens is 625 g/mol. The van der Waals surface area contributed by atoms with E-state index in [0.717, 1.165) is 33.8 Å². The number of hydrogen-bond acceptors (Lipinski definition) is 4. The van der Waals surface area contributed by atoms with Gasteiger partial charge in [-0.1, -0.05) is 91.2 Å². The molecule has 0 aliphatic carbocycles. The Labute approximate surface area is 276 Å². The van der Waals surface area contributed by atoms with Crippen molar-refractivity contribution in [2.45, 2.75) is 57.5 Å². The SMILES string of the molecule is CCCCNC(=O)C(Cc1ccccc1)N(Cc1ccc(F)cc1)C(=O)CN(c1ccc(C)c(Cl)c1)S(=O)(=O)c1ccc(C)cc1.